The van der Waals surface area contributed by atoms with Gasteiger partial charge in [-0.05, 0) is 49.3 Å². The number of ether oxygens (including phenoxy) is 1. The SMILES string of the molecule is Oc1cc(-c2ncc3c(N4C[C@H]5CC[C@@H](C4)N5)nc(OCC4(CN5CCSCC5)CC4)nc3c2F)c2c(F)cccc2c1. The van der Waals surface area contributed by atoms with Gasteiger partial charge < -0.3 is 25.0 Å². The summed E-state index contributed by atoms with van der Waals surface area (Å²) in [7, 11) is 0. The van der Waals surface area contributed by atoms with Crippen LogP contribution >= 0.6 is 11.8 Å². The highest BCUT2D eigenvalue weighted by Crippen LogP contribution is 2.47. The van der Waals surface area contributed by atoms with Crippen LogP contribution in [0.1, 0.15) is 25.7 Å². The van der Waals surface area contributed by atoms with Crippen molar-refractivity contribution in [3.8, 4) is 23.0 Å². The smallest absolute Gasteiger partial charge is 0.319 e. The molecule has 2 aromatic heterocycles. The zero-order valence-electron chi connectivity index (χ0n) is 23.9. The number of nitrogens with zero attached hydrogens (tertiary/aromatic N) is 5. The van der Waals surface area contributed by atoms with Crippen molar-refractivity contribution in [1.29, 1.82) is 0 Å². The van der Waals surface area contributed by atoms with Crippen LogP contribution in [-0.4, -0.2) is 87.9 Å². The van der Waals surface area contributed by atoms with Crippen LogP contribution < -0.4 is 15.0 Å². The minimum atomic E-state index is -0.689. The molecule has 224 valence electrons. The lowest BCUT2D eigenvalue weighted by atomic mass is 9.99. The van der Waals surface area contributed by atoms with E-state index < -0.39 is 11.6 Å². The molecule has 1 aliphatic carbocycles. The van der Waals surface area contributed by atoms with E-state index in [-0.39, 0.29) is 39.3 Å². The predicted molar refractivity (Wildman–Crippen MR) is 165 cm³/mol. The number of fused-ring (bicyclic) bond motifs is 4. The zero-order chi connectivity index (χ0) is 29.1. The molecule has 43 heavy (non-hydrogen) atoms. The molecular weight excluding hydrogens is 570 g/mol. The highest BCUT2D eigenvalue weighted by atomic mass is 32.2. The van der Waals surface area contributed by atoms with Gasteiger partial charge in [-0.1, -0.05) is 12.1 Å². The molecule has 5 heterocycles. The highest BCUT2D eigenvalue weighted by Gasteiger charge is 2.45. The Hall–Kier alpha value is -3.28. The Kier molecular flexibility index (Phi) is 6.80. The molecule has 0 amide bonds. The standard InChI is InChI=1S/C32H34F2N6O2S/c33-25-3-1-2-19-12-22(41)13-23(26(19)25)28-27(34)29-24(14-35-28)30(40-15-20-4-5-21(16-40)36-20)38-31(37-29)42-18-32(6-7-32)17-39-8-10-43-11-9-39/h1-3,12-14,20-21,36,41H,4-11,15-18H2/t20-,21+. The van der Waals surface area contributed by atoms with Crippen LogP contribution in [0.25, 0.3) is 32.9 Å². The normalized spacial score (nSPS) is 23.3. The summed E-state index contributed by atoms with van der Waals surface area (Å²) in [5.41, 5.74) is 0.263. The summed E-state index contributed by atoms with van der Waals surface area (Å²) >= 11 is 2.00. The summed E-state index contributed by atoms with van der Waals surface area (Å²) in [6, 6.07) is 8.23. The molecular formula is C32H34F2N6O2S. The average Bonchev–Trinajstić information content (AvgIpc) is 3.69. The van der Waals surface area contributed by atoms with E-state index in [0.29, 0.717) is 35.3 Å². The lowest BCUT2D eigenvalue weighted by molar-refractivity contribution is 0.161. The maximum atomic E-state index is 16.6. The Bertz CT molecular complexity index is 1700. The summed E-state index contributed by atoms with van der Waals surface area (Å²) in [5, 5.41) is 15.2. The minimum absolute atomic E-state index is 0.0730. The fourth-order valence-electron chi connectivity index (χ4n) is 7.01. The number of benzene rings is 2. The predicted octanol–water partition coefficient (Wildman–Crippen LogP) is 4.98. The second-order valence-corrected chi connectivity index (χ2v) is 13.8. The van der Waals surface area contributed by atoms with Gasteiger partial charge in [-0.2, -0.15) is 21.7 Å². The number of nitrogens with one attached hydrogen (secondary N) is 1. The number of aromatic hydroxyl groups is 1. The average molecular weight is 605 g/mol. The van der Waals surface area contributed by atoms with E-state index in [9.17, 15) is 5.11 Å². The summed E-state index contributed by atoms with van der Waals surface area (Å²) in [6.07, 6.45) is 5.95. The van der Waals surface area contributed by atoms with Gasteiger partial charge in [0.15, 0.2) is 5.82 Å². The molecule has 2 bridgehead atoms. The summed E-state index contributed by atoms with van der Waals surface area (Å²) < 4.78 is 37.9. The van der Waals surface area contributed by atoms with E-state index in [1.54, 1.807) is 18.3 Å². The van der Waals surface area contributed by atoms with Crippen molar-refractivity contribution in [2.45, 2.75) is 37.8 Å². The van der Waals surface area contributed by atoms with E-state index in [0.717, 1.165) is 69.9 Å². The molecule has 3 aliphatic heterocycles. The maximum absolute atomic E-state index is 16.6. The number of thioether (sulfide) groups is 1. The topological polar surface area (TPSA) is 86.6 Å². The monoisotopic (exact) mass is 604 g/mol. The number of aromatic nitrogens is 3. The minimum Gasteiger partial charge on any atom is -0.508 e. The van der Waals surface area contributed by atoms with Gasteiger partial charge in [-0.15, -0.1) is 0 Å². The molecule has 0 spiro atoms. The molecule has 4 fully saturated rings. The number of phenolic OH excluding ortho intramolecular Hbond substituents is 1. The summed E-state index contributed by atoms with van der Waals surface area (Å²) in [6.45, 7) is 5.18. The number of piperazine rings is 1. The molecule has 8 rings (SSSR count). The molecule has 2 aromatic carbocycles. The Labute approximate surface area is 252 Å². The molecule has 4 aliphatic rings. The van der Waals surface area contributed by atoms with E-state index in [1.165, 1.54) is 18.2 Å². The molecule has 4 aromatic rings. The summed E-state index contributed by atoms with van der Waals surface area (Å²) in [4.78, 5) is 18.7. The van der Waals surface area contributed by atoms with Gasteiger partial charge in [0.2, 0.25) is 0 Å². The third-order valence-electron chi connectivity index (χ3n) is 9.45. The van der Waals surface area contributed by atoms with Crippen LogP contribution in [0.5, 0.6) is 11.8 Å². The molecule has 0 radical (unpaired) electrons. The quantitative estimate of drug-likeness (QED) is 0.304. The van der Waals surface area contributed by atoms with Crippen LogP contribution in [0.15, 0.2) is 36.5 Å². The Morgan fingerprint density at radius 1 is 1.07 bits per heavy atom. The molecule has 8 nitrogen and oxygen atoms in total. The second kappa shape index (κ2) is 10.7. The van der Waals surface area contributed by atoms with Crippen molar-refractivity contribution < 1.29 is 18.6 Å². The number of pyridine rings is 1. The molecule has 2 atom stereocenters. The van der Waals surface area contributed by atoms with Crippen LogP contribution in [-0.2, 0) is 0 Å². The number of phenols is 1. The number of halogens is 2. The van der Waals surface area contributed by atoms with Crippen molar-refractivity contribution in [2.75, 3.05) is 55.7 Å². The summed E-state index contributed by atoms with van der Waals surface area (Å²) in [5.74, 6) is 1.64. The fraction of sp³-hybridized carbons (Fsp3) is 0.469. The van der Waals surface area contributed by atoms with E-state index in [4.69, 9.17) is 9.72 Å². The van der Waals surface area contributed by atoms with Gasteiger partial charge in [0.05, 0.1) is 12.0 Å². The van der Waals surface area contributed by atoms with Gasteiger partial charge in [0, 0.05) is 78.9 Å². The fourth-order valence-corrected chi connectivity index (χ4v) is 7.99. The van der Waals surface area contributed by atoms with E-state index in [2.05, 4.69) is 25.1 Å². The first-order valence-corrected chi connectivity index (χ1v) is 16.3. The molecule has 3 saturated heterocycles. The highest BCUT2D eigenvalue weighted by molar-refractivity contribution is 7.99. The number of rotatable bonds is 7. The van der Waals surface area contributed by atoms with Gasteiger partial charge in [0.25, 0.3) is 0 Å². The molecule has 0 unspecified atom stereocenters. The third kappa shape index (κ3) is 5.15. The first-order valence-electron chi connectivity index (χ1n) is 15.2. The van der Waals surface area contributed by atoms with Gasteiger partial charge in [-0.3, -0.25) is 4.98 Å². The third-order valence-corrected chi connectivity index (χ3v) is 10.4. The molecule has 11 heteroatoms. The molecule has 1 saturated carbocycles. The van der Waals surface area contributed by atoms with E-state index >= 15 is 8.78 Å². The zero-order valence-corrected chi connectivity index (χ0v) is 24.7. The van der Waals surface area contributed by atoms with Crippen molar-refractivity contribution in [2.24, 2.45) is 5.41 Å². The number of hydrogen-bond acceptors (Lipinski definition) is 9. The van der Waals surface area contributed by atoms with Gasteiger partial charge in [0.1, 0.15) is 28.6 Å². The Morgan fingerprint density at radius 2 is 1.86 bits per heavy atom. The van der Waals surface area contributed by atoms with Gasteiger partial charge >= 0.3 is 6.01 Å². The number of hydrogen-bond donors (Lipinski definition) is 2. The first-order chi connectivity index (χ1) is 20.9. The van der Waals surface area contributed by atoms with Crippen LogP contribution in [0.4, 0.5) is 14.6 Å². The number of anilines is 1. The molecule has 2 N–H and O–H groups in total. The van der Waals surface area contributed by atoms with Crippen molar-refractivity contribution in [1.82, 2.24) is 25.2 Å². The van der Waals surface area contributed by atoms with Crippen molar-refractivity contribution in [3.05, 3.63) is 48.2 Å². The Balaban J connectivity index is 1.20. The van der Waals surface area contributed by atoms with Crippen LogP contribution in [0, 0.1) is 17.0 Å². The maximum Gasteiger partial charge on any atom is 0.319 e. The first kappa shape index (κ1) is 27.3. The van der Waals surface area contributed by atoms with Crippen LogP contribution in [0.2, 0.25) is 0 Å². The van der Waals surface area contributed by atoms with Gasteiger partial charge in [-0.25, -0.2) is 8.78 Å². The van der Waals surface area contributed by atoms with E-state index in [1.807, 2.05) is 11.8 Å². The van der Waals surface area contributed by atoms with Crippen molar-refractivity contribution >= 4 is 39.3 Å². The largest absolute Gasteiger partial charge is 0.508 e. The lowest BCUT2D eigenvalue weighted by Crippen LogP contribution is -2.51. The van der Waals surface area contributed by atoms with Crippen LogP contribution in [0.3, 0.4) is 0 Å². The lowest BCUT2D eigenvalue weighted by Gasteiger charge is -2.34. The Morgan fingerprint density at radius 3 is 2.63 bits per heavy atom. The second-order valence-electron chi connectivity index (χ2n) is 12.6. The van der Waals surface area contributed by atoms with Crippen molar-refractivity contribution in [3.63, 3.8) is 0 Å².